The van der Waals surface area contributed by atoms with Crippen LogP contribution in [-0.2, 0) is 17.6 Å². The number of hydrogen-bond donors (Lipinski definition) is 1. The molecule has 0 saturated heterocycles. The molecular weight excluding hydrogens is 374 g/mol. The maximum absolute atomic E-state index is 13.1. The van der Waals surface area contributed by atoms with Gasteiger partial charge in [0.25, 0.3) is 5.91 Å². The number of amides is 1. The molecule has 1 amide bonds. The Kier molecular flexibility index (Phi) is 5.77. The Morgan fingerprint density at radius 3 is 2.70 bits per heavy atom. The van der Waals surface area contributed by atoms with E-state index >= 15 is 0 Å². The standard InChI is InChI=1S/C26H33NO3/c1-5-23(29-20-12-11-18-8-6-7-9-19(18)15-20)25(28)27-22-16-26(3,4)30-24-14-17(2)10-13-21(22)24/h10-15,22-23H,5-9,16H2,1-4H3,(H,27,28)/t22-,23-/m0/s1. The van der Waals surface area contributed by atoms with Gasteiger partial charge in [-0.1, -0.05) is 25.1 Å². The first kappa shape index (κ1) is 20.8. The Labute approximate surface area is 180 Å². The van der Waals surface area contributed by atoms with Crippen LogP contribution in [0.3, 0.4) is 0 Å². The molecule has 2 atom stereocenters. The number of carbonyl (C=O) groups is 1. The summed E-state index contributed by atoms with van der Waals surface area (Å²) < 4.78 is 12.3. The van der Waals surface area contributed by atoms with Crippen LogP contribution in [0.15, 0.2) is 36.4 Å². The van der Waals surface area contributed by atoms with E-state index in [-0.39, 0.29) is 17.6 Å². The minimum absolute atomic E-state index is 0.0653. The van der Waals surface area contributed by atoms with Crippen molar-refractivity contribution in [3.05, 3.63) is 58.7 Å². The highest BCUT2D eigenvalue weighted by Gasteiger charge is 2.35. The van der Waals surface area contributed by atoms with Crippen LogP contribution in [0.5, 0.6) is 11.5 Å². The van der Waals surface area contributed by atoms with Gasteiger partial charge in [0.05, 0.1) is 6.04 Å². The van der Waals surface area contributed by atoms with E-state index in [0.717, 1.165) is 41.9 Å². The normalized spacial score (nSPS) is 20.3. The highest BCUT2D eigenvalue weighted by Crippen LogP contribution is 2.40. The van der Waals surface area contributed by atoms with Gasteiger partial charge in [0, 0.05) is 12.0 Å². The molecule has 1 heterocycles. The van der Waals surface area contributed by atoms with E-state index in [9.17, 15) is 4.79 Å². The minimum Gasteiger partial charge on any atom is -0.487 e. The van der Waals surface area contributed by atoms with Crippen molar-refractivity contribution in [1.82, 2.24) is 5.32 Å². The number of benzene rings is 2. The third kappa shape index (κ3) is 4.48. The average molecular weight is 408 g/mol. The second-order valence-electron chi connectivity index (χ2n) is 9.32. The second-order valence-corrected chi connectivity index (χ2v) is 9.32. The van der Waals surface area contributed by atoms with Crippen molar-refractivity contribution in [3.8, 4) is 11.5 Å². The quantitative estimate of drug-likeness (QED) is 0.717. The lowest BCUT2D eigenvalue weighted by Gasteiger charge is -2.38. The van der Waals surface area contributed by atoms with Gasteiger partial charge in [-0.3, -0.25) is 4.79 Å². The van der Waals surface area contributed by atoms with Crippen molar-refractivity contribution in [1.29, 1.82) is 0 Å². The molecule has 1 aliphatic heterocycles. The predicted molar refractivity (Wildman–Crippen MR) is 119 cm³/mol. The van der Waals surface area contributed by atoms with Crippen LogP contribution in [-0.4, -0.2) is 17.6 Å². The molecule has 0 unspecified atom stereocenters. The van der Waals surface area contributed by atoms with Gasteiger partial charge in [-0.25, -0.2) is 0 Å². The lowest BCUT2D eigenvalue weighted by Crippen LogP contribution is -2.45. The molecule has 0 aromatic heterocycles. The van der Waals surface area contributed by atoms with Crippen molar-refractivity contribution in [2.75, 3.05) is 0 Å². The molecule has 0 radical (unpaired) electrons. The molecule has 1 N–H and O–H groups in total. The monoisotopic (exact) mass is 407 g/mol. The molecule has 4 heteroatoms. The largest absolute Gasteiger partial charge is 0.487 e. The molecule has 1 aliphatic carbocycles. The first-order valence-electron chi connectivity index (χ1n) is 11.2. The Bertz CT molecular complexity index is 934. The maximum Gasteiger partial charge on any atom is 0.261 e. The fraction of sp³-hybridized carbons (Fsp3) is 0.500. The number of rotatable bonds is 5. The van der Waals surface area contributed by atoms with Gasteiger partial charge < -0.3 is 14.8 Å². The van der Waals surface area contributed by atoms with E-state index < -0.39 is 6.10 Å². The van der Waals surface area contributed by atoms with E-state index in [1.165, 1.54) is 24.0 Å². The maximum atomic E-state index is 13.1. The number of carbonyl (C=O) groups excluding carboxylic acids is 1. The molecule has 0 spiro atoms. The zero-order valence-electron chi connectivity index (χ0n) is 18.6. The van der Waals surface area contributed by atoms with Crippen molar-refractivity contribution < 1.29 is 14.3 Å². The lowest BCUT2D eigenvalue weighted by molar-refractivity contribution is -0.129. The summed E-state index contributed by atoms with van der Waals surface area (Å²) in [4.78, 5) is 13.1. The number of fused-ring (bicyclic) bond motifs is 2. The van der Waals surface area contributed by atoms with E-state index in [1.807, 2.05) is 13.0 Å². The zero-order valence-corrected chi connectivity index (χ0v) is 18.6. The molecule has 30 heavy (non-hydrogen) atoms. The molecule has 0 saturated carbocycles. The predicted octanol–water partition coefficient (Wildman–Crippen LogP) is 5.45. The lowest BCUT2D eigenvalue weighted by atomic mass is 9.89. The molecule has 0 fully saturated rings. The van der Waals surface area contributed by atoms with Crippen LogP contribution in [0.4, 0.5) is 0 Å². The van der Waals surface area contributed by atoms with Crippen LogP contribution in [0.25, 0.3) is 0 Å². The van der Waals surface area contributed by atoms with Gasteiger partial charge in [0.1, 0.15) is 17.1 Å². The number of nitrogens with one attached hydrogen (secondary N) is 1. The molecule has 160 valence electrons. The third-order valence-corrected chi connectivity index (χ3v) is 6.20. The Hall–Kier alpha value is -2.49. The third-order valence-electron chi connectivity index (χ3n) is 6.20. The number of hydrogen-bond acceptors (Lipinski definition) is 3. The molecule has 0 bridgehead atoms. The summed E-state index contributed by atoms with van der Waals surface area (Å²) in [5.74, 6) is 1.59. The summed E-state index contributed by atoms with van der Waals surface area (Å²) >= 11 is 0. The zero-order chi connectivity index (χ0) is 21.3. The highest BCUT2D eigenvalue weighted by atomic mass is 16.5. The van der Waals surface area contributed by atoms with E-state index in [0.29, 0.717) is 6.42 Å². The topological polar surface area (TPSA) is 47.6 Å². The molecule has 4 rings (SSSR count). The molecule has 2 aliphatic rings. The first-order chi connectivity index (χ1) is 14.3. The van der Waals surface area contributed by atoms with Crippen LogP contribution in [0.1, 0.15) is 74.8 Å². The summed E-state index contributed by atoms with van der Waals surface area (Å²) in [5, 5.41) is 3.24. The van der Waals surface area contributed by atoms with Gasteiger partial charge >= 0.3 is 0 Å². The van der Waals surface area contributed by atoms with Crippen LogP contribution in [0.2, 0.25) is 0 Å². The minimum atomic E-state index is -0.508. The molecule has 2 aromatic rings. The van der Waals surface area contributed by atoms with Crippen molar-refractivity contribution in [3.63, 3.8) is 0 Å². The number of aryl methyl sites for hydroxylation is 3. The second kappa shape index (κ2) is 8.33. The fourth-order valence-electron chi connectivity index (χ4n) is 4.62. The average Bonchev–Trinajstić information content (AvgIpc) is 2.70. The Morgan fingerprint density at radius 1 is 1.17 bits per heavy atom. The first-order valence-corrected chi connectivity index (χ1v) is 11.2. The highest BCUT2D eigenvalue weighted by molar-refractivity contribution is 5.81. The van der Waals surface area contributed by atoms with E-state index in [4.69, 9.17) is 9.47 Å². The van der Waals surface area contributed by atoms with Crippen LogP contribution >= 0.6 is 0 Å². The smallest absolute Gasteiger partial charge is 0.261 e. The van der Waals surface area contributed by atoms with Gasteiger partial charge in [0.2, 0.25) is 0 Å². The van der Waals surface area contributed by atoms with Crippen LogP contribution in [0, 0.1) is 6.92 Å². The summed E-state index contributed by atoms with van der Waals surface area (Å²) in [6.45, 7) is 8.18. The van der Waals surface area contributed by atoms with Crippen molar-refractivity contribution in [2.24, 2.45) is 0 Å². The van der Waals surface area contributed by atoms with E-state index in [1.54, 1.807) is 0 Å². The Balaban J connectivity index is 1.49. The van der Waals surface area contributed by atoms with Crippen molar-refractivity contribution >= 4 is 5.91 Å². The van der Waals surface area contributed by atoms with Crippen LogP contribution < -0.4 is 14.8 Å². The summed E-state index contributed by atoms with van der Waals surface area (Å²) in [7, 11) is 0. The fourth-order valence-corrected chi connectivity index (χ4v) is 4.62. The molecule has 4 nitrogen and oxygen atoms in total. The summed E-state index contributed by atoms with van der Waals surface area (Å²) in [6, 6.07) is 12.4. The molecular formula is C26H33NO3. The molecule has 2 aromatic carbocycles. The number of ether oxygens (including phenoxy) is 2. The SMILES string of the molecule is CC[C@H](Oc1ccc2c(c1)CCCC2)C(=O)N[C@H]1CC(C)(C)Oc2cc(C)ccc21. The Morgan fingerprint density at radius 2 is 1.93 bits per heavy atom. The van der Waals surface area contributed by atoms with Crippen molar-refractivity contribution in [2.45, 2.75) is 84.0 Å². The van der Waals surface area contributed by atoms with Gasteiger partial charge in [-0.15, -0.1) is 0 Å². The summed E-state index contributed by atoms with van der Waals surface area (Å²) in [5.41, 5.74) is 4.64. The van der Waals surface area contributed by atoms with Gasteiger partial charge in [-0.05, 0) is 87.8 Å². The van der Waals surface area contributed by atoms with E-state index in [2.05, 4.69) is 56.4 Å². The van der Waals surface area contributed by atoms with Gasteiger partial charge in [0.15, 0.2) is 6.10 Å². The van der Waals surface area contributed by atoms with Gasteiger partial charge in [-0.2, -0.15) is 0 Å². The summed E-state index contributed by atoms with van der Waals surface area (Å²) in [6.07, 6.45) is 5.57.